The van der Waals surface area contributed by atoms with Crippen molar-refractivity contribution in [3.05, 3.63) is 46.8 Å². The third kappa shape index (κ3) is 3.08. The summed E-state index contributed by atoms with van der Waals surface area (Å²) in [5.41, 5.74) is 0.0888. The van der Waals surface area contributed by atoms with Crippen LogP contribution in [0.3, 0.4) is 0 Å². The molecule has 2 rings (SSSR count). The number of anilines is 2. The fourth-order valence-electron chi connectivity index (χ4n) is 1.28. The van der Waals surface area contributed by atoms with Gasteiger partial charge in [0.15, 0.2) is 5.82 Å². The Labute approximate surface area is 101 Å². The lowest BCUT2D eigenvalue weighted by Crippen LogP contribution is -2.21. The Hall–Kier alpha value is -2.83. The molecule has 0 fully saturated rings. The van der Waals surface area contributed by atoms with Gasteiger partial charge in [0, 0.05) is 17.8 Å². The number of hydrogen-bond acceptors (Lipinski definition) is 4. The van der Waals surface area contributed by atoms with Crippen LogP contribution in [0.15, 0.2) is 41.2 Å². The van der Waals surface area contributed by atoms with Crippen molar-refractivity contribution in [2.75, 3.05) is 10.6 Å². The van der Waals surface area contributed by atoms with Crippen LogP contribution in [0, 0.1) is 0 Å². The maximum absolute atomic E-state index is 11.5. The van der Waals surface area contributed by atoms with E-state index in [9.17, 15) is 14.7 Å². The van der Waals surface area contributed by atoms with Crippen molar-refractivity contribution in [2.24, 2.45) is 0 Å². The molecule has 0 bridgehead atoms. The normalized spacial score (nSPS) is 9.78. The van der Waals surface area contributed by atoms with Gasteiger partial charge in [-0.25, -0.2) is 9.89 Å². The molecule has 1 aromatic carbocycles. The minimum Gasteiger partial charge on any atom is -0.508 e. The van der Waals surface area contributed by atoms with Gasteiger partial charge in [-0.1, -0.05) is 6.07 Å². The predicted molar refractivity (Wildman–Crippen MR) is 65.6 cm³/mol. The lowest BCUT2D eigenvalue weighted by molar-refractivity contribution is 0.262. The Kier molecular flexibility index (Phi) is 3.24. The van der Waals surface area contributed by atoms with E-state index in [4.69, 9.17) is 0 Å². The van der Waals surface area contributed by atoms with Gasteiger partial charge in [-0.05, 0) is 18.2 Å². The van der Waals surface area contributed by atoms with Gasteiger partial charge >= 0.3 is 6.03 Å². The summed E-state index contributed by atoms with van der Waals surface area (Å²) in [6.45, 7) is 0. The molecule has 1 aromatic heterocycles. The van der Waals surface area contributed by atoms with Crippen molar-refractivity contribution >= 4 is 17.5 Å². The SMILES string of the molecule is O=C(Nc1cccc(O)c1)Nc1ccc(=O)[nH]n1. The van der Waals surface area contributed by atoms with Crippen LogP contribution in [0.1, 0.15) is 0 Å². The van der Waals surface area contributed by atoms with E-state index in [1.807, 2.05) is 0 Å². The van der Waals surface area contributed by atoms with E-state index in [1.165, 1.54) is 24.3 Å². The predicted octanol–water partition coefficient (Wildman–Crippen LogP) is 1.12. The summed E-state index contributed by atoms with van der Waals surface area (Å²) in [4.78, 5) is 22.3. The van der Waals surface area contributed by atoms with E-state index >= 15 is 0 Å². The maximum Gasteiger partial charge on any atom is 0.324 e. The van der Waals surface area contributed by atoms with Crippen molar-refractivity contribution in [1.82, 2.24) is 10.2 Å². The van der Waals surface area contributed by atoms with Gasteiger partial charge in [0.25, 0.3) is 5.56 Å². The third-order valence-corrected chi connectivity index (χ3v) is 2.02. The number of aromatic hydroxyl groups is 1. The van der Waals surface area contributed by atoms with Gasteiger partial charge in [0.1, 0.15) is 5.75 Å². The fraction of sp³-hybridized carbons (Fsp3) is 0. The summed E-state index contributed by atoms with van der Waals surface area (Å²) < 4.78 is 0. The Bertz CT molecular complexity index is 603. The Morgan fingerprint density at radius 3 is 2.72 bits per heavy atom. The number of H-pyrrole nitrogens is 1. The number of hydrogen-bond donors (Lipinski definition) is 4. The van der Waals surface area contributed by atoms with Gasteiger partial charge in [0.2, 0.25) is 0 Å². The number of benzene rings is 1. The Morgan fingerprint density at radius 2 is 2.06 bits per heavy atom. The molecular formula is C11H10N4O3. The molecule has 7 nitrogen and oxygen atoms in total. The highest BCUT2D eigenvalue weighted by Crippen LogP contribution is 2.15. The summed E-state index contributed by atoms with van der Waals surface area (Å²) in [6.07, 6.45) is 0. The van der Waals surface area contributed by atoms with Crippen molar-refractivity contribution in [3.8, 4) is 5.75 Å². The number of phenolic OH excluding ortho intramolecular Hbond substituents is 1. The van der Waals surface area contributed by atoms with Crippen molar-refractivity contribution < 1.29 is 9.90 Å². The molecule has 1 heterocycles. The number of amides is 2. The number of aromatic nitrogens is 2. The molecule has 92 valence electrons. The number of rotatable bonds is 2. The minimum absolute atomic E-state index is 0.0509. The quantitative estimate of drug-likeness (QED) is 0.636. The summed E-state index contributed by atoms with van der Waals surface area (Å²) in [6, 6.07) is 8.22. The number of carbonyl (C=O) groups excluding carboxylic acids is 1. The molecule has 0 spiro atoms. The van der Waals surface area contributed by atoms with Crippen LogP contribution in [0.5, 0.6) is 5.75 Å². The number of nitrogens with zero attached hydrogens (tertiary/aromatic N) is 1. The monoisotopic (exact) mass is 246 g/mol. The lowest BCUT2D eigenvalue weighted by Gasteiger charge is -2.06. The zero-order chi connectivity index (χ0) is 13.0. The third-order valence-electron chi connectivity index (χ3n) is 2.02. The van der Waals surface area contributed by atoms with Gasteiger partial charge in [-0.3, -0.25) is 10.1 Å². The van der Waals surface area contributed by atoms with Crippen LogP contribution >= 0.6 is 0 Å². The Morgan fingerprint density at radius 1 is 1.22 bits per heavy atom. The van der Waals surface area contributed by atoms with E-state index in [0.717, 1.165) is 0 Å². The second-order valence-electron chi connectivity index (χ2n) is 3.44. The molecule has 18 heavy (non-hydrogen) atoms. The molecule has 4 N–H and O–H groups in total. The van der Waals surface area contributed by atoms with E-state index in [0.29, 0.717) is 5.69 Å². The number of urea groups is 1. The summed E-state index contributed by atoms with van der Waals surface area (Å²) in [5.74, 6) is 0.266. The van der Waals surface area contributed by atoms with Crippen LogP contribution in [0.25, 0.3) is 0 Å². The van der Waals surface area contributed by atoms with Crippen molar-refractivity contribution in [2.45, 2.75) is 0 Å². The summed E-state index contributed by atoms with van der Waals surface area (Å²) >= 11 is 0. The highest BCUT2D eigenvalue weighted by Gasteiger charge is 2.03. The fourth-order valence-corrected chi connectivity index (χ4v) is 1.28. The van der Waals surface area contributed by atoms with Gasteiger partial charge < -0.3 is 10.4 Å². The molecule has 0 aliphatic rings. The van der Waals surface area contributed by atoms with E-state index in [-0.39, 0.29) is 17.1 Å². The van der Waals surface area contributed by atoms with E-state index in [1.54, 1.807) is 12.1 Å². The first-order chi connectivity index (χ1) is 8.63. The average Bonchev–Trinajstić information content (AvgIpc) is 2.32. The summed E-state index contributed by atoms with van der Waals surface area (Å²) in [7, 11) is 0. The molecule has 2 amide bonds. The van der Waals surface area contributed by atoms with E-state index < -0.39 is 6.03 Å². The first-order valence-corrected chi connectivity index (χ1v) is 5.06. The van der Waals surface area contributed by atoms with Crippen molar-refractivity contribution in [3.63, 3.8) is 0 Å². The molecule has 0 saturated carbocycles. The molecule has 0 radical (unpaired) electrons. The smallest absolute Gasteiger partial charge is 0.324 e. The van der Waals surface area contributed by atoms with Crippen LogP contribution in [-0.2, 0) is 0 Å². The van der Waals surface area contributed by atoms with Crippen LogP contribution in [-0.4, -0.2) is 21.3 Å². The van der Waals surface area contributed by atoms with Gasteiger partial charge in [-0.15, -0.1) is 0 Å². The first-order valence-electron chi connectivity index (χ1n) is 5.06. The van der Waals surface area contributed by atoms with E-state index in [2.05, 4.69) is 20.8 Å². The molecule has 7 heteroatoms. The Balaban J connectivity index is 2.01. The first kappa shape index (κ1) is 11.6. The second kappa shape index (κ2) is 5.00. The molecule has 0 aliphatic heterocycles. The highest BCUT2D eigenvalue weighted by atomic mass is 16.3. The average molecular weight is 246 g/mol. The zero-order valence-electron chi connectivity index (χ0n) is 9.18. The topological polar surface area (TPSA) is 107 Å². The molecular weight excluding hydrogens is 236 g/mol. The minimum atomic E-state index is -0.528. The van der Waals surface area contributed by atoms with Crippen LogP contribution in [0.4, 0.5) is 16.3 Å². The number of aromatic amines is 1. The lowest BCUT2D eigenvalue weighted by atomic mass is 10.3. The number of carbonyl (C=O) groups is 1. The molecule has 0 unspecified atom stereocenters. The largest absolute Gasteiger partial charge is 0.508 e. The second-order valence-corrected chi connectivity index (χ2v) is 3.44. The van der Waals surface area contributed by atoms with Gasteiger partial charge in [0.05, 0.1) is 0 Å². The molecule has 0 saturated heterocycles. The molecule has 2 aromatic rings. The highest BCUT2D eigenvalue weighted by molar-refractivity contribution is 5.99. The number of nitrogens with one attached hydrogen (secondary N) is 3. The standard InChI is InChI=1S/C11H10N4O3/c16-8-3-1-2-7(6-8)12-11(18)13-9-4-5-10(17)15-14-9/h1-6,16H,(H,15,17)(H2,12,13,14,18). The molecule has 0 atom stereocenters. The zero-order valence-corrected chi connectivity index (χ0v) is 9.18. The van der Waals surface area contributed by atoms with Gasteiger partial charge in [-0.2, -0.15) is 5.10 Å². The number of phenols is 1. The van der Waals surface area contributed by atoms with Crippen LogP contribution < -0.4 is 16.2 Å². The van der Waals surface area contributed by atoms with Crippen LogP contribution in [0.2, 0.25) is 0 Å². The van der Waals surface area contributed by atoms with Crippen molar-refractivity contribution in [1.29, 1.82) is 0 Å². The maximum atomic E-state index is 11.5. The summed E-state index contributed by atoms with van der Waals surface area (Å²) in [5, 5.41) is 20.0. The molecule has 0 aliphatic carbocycles.